The number of nitrogens with two attached hydrogens (primary N) is 1. The fourth-order valence-electron chi connectivity index (χ4n) is 1.79. The van der Waals surface area contributed by atoms with Crippen molar-refractivity contribution in [2.75, 3.05) is 0 Å². The van der Waals surface area contributed by atoms with Gasteiger partial charge in [-0.25, -0.2) is 5.01 Å². The molecule has 1 rings (SSSR count). The lowest BCUT2D eigenvalue weighted by Gasteiger charge is -2.13. The second-order valence-corrected chi connectivity index (χ2v) is 6.67. The highest BCUT2D eigenvalue weighted by molar-refractivity contribution is 6.32. The van der Waals surface area contributed by atoms with Crippen molar-refractivity contribution in [2.24, 2.45) is 11.0 Å². The predicted octanol–water partition coefficient (Wildman–Crippen LogP) is 5.87. The normalized spacial score (nSPS) is 10.8. The molecule has 0 aliphatic carbocycles. The first kappa shape index (κ1) is 25.1. The van der Waals surface area contributed by atoms with Gasteiger partial charge in [0, 0.05) is 13.1 Å². The number of allylic oxidation sites excluding steroid dienone is 4. The molecular weight excluding hydrogens is 376 g/mol. The molecule has 152 valence electrons. The van der Waals surface area contributed by atoms with E-state index in [9.17, 15) is 4.79 Å². The SMILES string of the molecule is C=C/C(=C\C=C(C)C)N(/C=C/c1ccc(OC(C)C)c(Cl)c1)N=N.CC(N)=O. The average molecular weight is 405 g/mol. The van der Waals surface area contributed by atoms with Gasteiger partial charge in [-0.1, -0.05) is 41.1 Å². The van der Waals surface area contributed by atoms with Crippen molar-refractivity contribution in [3.05, 3.63) is 71.1 Å². The molecule has 0 unspecified atom stereocenters. The van der Waals surface area contributed by atoms with Crippen LogP contribution in [0.4, 0.5) is 0 Å². The van der Waals surface area contributed by atoms with Gasteiger partial charge < -0.3 is 10.5 Å². The molecule has 0 heterocycles. The molecule has 0 aliphatic rings. The van der Waals surface area contributed by atoms with Crippen LogP contribution in [0.25, 0.3) is 6.08 Å². The first-order chi connectivity index (χ1) is 13.1. The van der Waals surface area contributed by atoms with Gasteiger partial charge in [0.15, 0.2) is 0 Å². The van der Waals surface area contributed by atoms with Crippen molar-refractivity contribution in [3.8, 4) is 5.75 Å². The van der Waals surface area contributed by atoms with E-state index in [2.05, 4.69) is 17.5 Å². The molecule has 0 atom stereocenters. The maximum Gasteiger partial charge on any atom is 0.214 e. The number of carbonyl (C=O) groups excluding carboxylic acids is 1. The van der Waals surface area contributed by atoms with Gasteiger partial charge in [-0.15, -0.1) is 0 Å². The van der Waals surface area contributed by atoms with E-state index < -0.39 is 0 Å². The van der Waals surface area contributed by atoms with Crippen LogP contribution in [0.15, 0.2) is 65.7 Å². The molecule has 0 bridgehead atoms. The Hall–Kier alpha value is -2.86. The molecule has 0 aliphatic heterocycles. The second kappa shape index (κ2) is 13.3. The van der Waals surface area contributed by atoms with Gasteiger partial charge in [0.25, 0.3) is 0 Å². The van der Waals surface area contributed by atoms with Crippen molar-refractivity contribution in [3.63, 3.8) is 0 Å². The highest BCUT2D eigenvalue weighted by Gasteiger charge is 2.05. The molecule has 0 fully saturated rings. The zero-order valence-electron chi connectivity index (χ0n) is 17.1. The summed E-state index contributed by atoms with van der Waals surface area (Å²) in [6.45, 7) is 13.0. The molecule has 7 heteroatoms. The van der Waals surface area contributed by atoms with Crippen LogP contribution in [0.3, 0.4) is 0 Å². The van der Waals surface area contributed by atoms with Crippen LogP contribution < -0.4 is 10.5 Å². The summed E-state index contributed by atoms with van der Waals surface area (Å²) in [6.07, 6.45) is 9.03. The fourth-order valence-corrected chi connectivity index (χ4v) is 2.03. The minimum absolute atomic E-state index is 0.0665. The topological polar surface area (TPSA) is 91.8 Å². The molecule has 0 saturated heterocycles. The zero-order valence-corrected chi connectivity index (χ0v) is 17.8. The van der Waals surface area contributed by atoms with Crippen LogP contribution in [-0.4, -0.2) is 17.0 Å². The summed E-state index contributed by atoms with van der Waals surface area (Å²) in [4.78, 5) is 9.22. The number of primary amides is 1. The maximum atomic E-state index is 9.22. The lowest BCUT2D eigenvalue weighted by atomic mass is 10.2. The van der Waals surface area contributed by atoms with Gasteiger partial charge in [0.05, 0.1) is 16.8 Å². The quantitative estimate of drug-likeness (QED) is 0.322. The van der Waals surface area contributed by atoms with Gasteiger partial charge in [0.2, 0.25) is 5.91 Å². The highest BCUT2D eigenvalue weighted by atomic mass is 35.5. The number of halogens is 1. The van der Waals surface area contributed by atoms with Gasteiger partial charge >= 0.3 is 0 Å². The van der Waals surface area contributed by atoms with Crippen LogP contribution in [0, 0.1) is 5.53 Å². The number of benzene rings is 1. The number of amides is 1. The third kappa shape index (κ3) is 11.0. The summed E-state index contributed by atoms with van der Waals surface area (Å²) in [5.41, 5.74) is 14.6. The molecule has 0 radical (unpaired) electrons. The molecule has 6 nitrogen and oxygen atoms in total. The van der Waals surface area contributed by atoms with Gasteiger partial charge in [0.1, 0.15) is 5.75 Å². The molecule has 28 heavy (non-hydrogen) atoms. The molecule has 1 amide bonds. The smallest absolute Gasteiger partial charge is 0.214 e. The van der Waals surface area contributed by atoms with Crippen molar-refractivity contribution < 1.29 is 9.53 Å². The van der Waals surface area contributed by atoms with Crippen LogP contribution in [0.5, 0.6) is 5.75 Å². The average Bonchev–Trinajstić information content (AvgIpc) is 2.59. The highest BCUT2D eigenvalue weighted by Crippen LogP contribution is 2.27. The predicted molar refractivity (Wildman–Crippen MR) is 116 cm³/mol. The number of nitrogens with zero attached hydrogens (tertiary/aromatic N) is 2. The fraction of sp³-hybridized carbons (Fsp3) is 0.286. The van der Waals surface area contributed by atoms with E-state index in [1.807, 2.05) is 64.1 Å². The summed E-state index contributed by atoms with van der Waals surface area (Å²) < 4.78 is 5.61. The van der Waals surface area contributed by atoms with Crippen molar-refractivity contribution in [1.29, 1.82) is 5.53 Å². The molecular formula is C21H29ClN4O2. The lowest BCUT2D eigenvalue weighted by Crippen LogP contribution is -2.06. The lowest BCUT2D eigenvalue weighted by molar-refractivity contribution is -0.115. The number of ether oxygens (including phenoxy) is 1. The number of nitrogens with one attached hydrogen (secondary N) is 1. The Balaban J connectivity index is 0.00000165. The minimum Gasteiger partial charge on any atom is -0.489 e. The van der Waals surface area contributed by atoms with E-state index in [1.54, 1.807) is 12.3 Å². The third-order valence-electron chi connectivity index (χ3n) is 2.90. The van der Waals surface area contributed by atoms with E-state index in [4.69, 9.17) is 21.9 Å². The number of rotatable bonds is 8. The molecule has 0 saturated carbocycles. The van der Waals surface area contributed by atoms with E-state index in [-0.39, 0.29) is 12.0 Å². The first-order valence-corrected chi connectivity index (χ1v) is 9.03. The first-order valence-electron chi connectivity index (χ1n) is 8.65. The zero-order chi connectivity index (χ0) is 21.7. The molecule has 1 aromatic rings. The van der Waals surface area contributed by atoms with E-state index in [1.165, 1.54) is 11.9 Å². The van der Waals surface area contributed by atoms with Gasteiger partial charge in [-0.3, -0.25) is 4.79 Å². The largest absolute Gasteiger partial charge is 0.489 e. The Morgan fingerprint density at radius 3 is 2.36 bits per heavy atom. The van der Waals surface area contributed by atoms with E-state index in [0.717, 1.165) is 11.1 Å². The van der Waals surface area contributed by atoms with Gasteiger partial charge in [-0.05, 0) is 63.6 Å². The van der Waals surface area contributed by atoms with E-state index in [0.29, 0.717) is 16.5 Å². The van der Waals surface area contributed by atoms with Gasteiger partial charge in [-0.2, -0.15) is 5.53 Å². The summed E-state index contributed by atoms with van der Waals surface area (Å²) in [5, 5.41) is 5.48. The molecule has 0 spiro atoms. The second-order valence-electron chi connectivity index (χ2n) is 6.27. The monoisotopic (exact) mass is 404 g/mol. The molecule has 0 aromatic heterocycles. The van der Waals surface area contributed by atoms with Crippen LogP contribution in [-0.2, 0) is 4.79 Å². The Morgan fingerprint density at radius 1 is 1.32 bits per heavy atom. The van der Waals surface area contributed by atoms with E-state index >= 15 is 0 Å². The standard InChI is InChI=1S/C19H24ClN3O.C2H5NO/c1-6-17(9-7-14(2)3)23(22-21)12-11-16-8-10-19(18(20)13-16)24-15(4)5;1-2(3)4/h6-13,15,21H,1H2,2-5H3;1H3,(H2,3,4)/b12-11+,17-9+,22-21?;. The Bertz CT molecular complexity index is 760. The summed E-state index contributed by atoms with van der Waals surface area (Å²) in [5.74, 6) is 0.320. The Morgan fingerprint density at radius 2 is 1.93 bits per heavy atom. The summed E-state index contributed by atoms with van der Waals surface area (Å²) in [6, 6.07) is 5.54. The Kier molecular flexibility index (Phi) is 12.0. The van der Waals surface area contributed by atoms with Crippen molar-refractivity contribution >= 4 is 23.6 Å². The molecule has 3 N–H and O–H groups in total. The molecule has 1 aromatic carbocycles. The number of hydrogen-bond donors (Lipinski definition) is 2. The third-order valence-corrected chi connectivity index (χ3v) is 3.19. The summed E-state index contributed by atoms with van der Waals surface area (Å²) >= 11 is 6.23. The van der Waals surface area contributed by atoms with Crippen LogP contribution in [0.2, 0.25) is 5.02 Å². The maximum absolute atomic E-state index is 9.22. The van der Waals surface area contributed by atoms with Crippen molar-refractivity contribution in [2.45, 2.75) is 40.7 Å². The number of hydrogen-bond acceptors (Lipinski definition) is 4. The van der Waals surface area contributed by atoms with Crippen molar-refractivity contribution in [1.82, 2.24) is 5.01 Å². The minimum atomic E-state index is -0.333. The Labute approximate surface area is 172 Å². The number of carbonyl (C=O) groups is 1. The van der Waals surface area contributed by atoms with Crippen LogP contribution >= 0.6 is 11.6 Å². The summed E-state index contributed by atoms with van der Waals surface area (Å²) in [7, 11) is 0. The van der Waals surface area contributed by atoms with Crippen LogP contribution in [0.1, 0.15) is 40.2 Å².